The fraction of sp³-hybridized carbons (Fsp3) is 0.222. The summed E-state index contributed by atoms with van der Waals surface area (Å²) in [6.07, 6.45) is -9.51. The Morgan fingerprint density at radius 1 is 1.10 bits per heavy atom. The number of halogens is 6. The van der Waals surface area contributed by atoms with Crippen molar-refractivity contribution in [2.24, 2.45) is 0 Å². The Hall–Kier alpha value is -3.24. The van der Waals surface area contributed by atoms with Crippen molar-refractivity contribution in [3.63, 3.8) is 0 Å². The van der Waals surface area contributed by atoms with Crippen molar-refractivity contribution < 1.29 is 35.9 Å². The van der Waals surface area contributed by atoms with Crippen molar-refractivity contribution in [2.45, 2.75) is 18.8 Å². The third kappa shape index (κ3) is 4.61. The molecule has 29 heavy (non-hydrogen) atoms. The molecule has 0 saturated carbocycles. The predicted octanol–water partition coefficient (Wildman–Crippen LogP) is 4.92. The van der Waals surface area contributed by atoms with Crippen LogP contribution in [0.25, 0.3) is 16.9 Å². The molecule has 2 heterocycles. The molecule has 1 N–H and O–H groups in total. The van der Waals surface area contributed by atoms with Crippen molar-refractivity contribution in [2.75, 3.05) is 12.4 Å². The summed E-state index contributed by atoms with van der Waals surface area (Å²) in [4.78, 5) is 15.8. The van der Waals surface area contributed by atoms with Crippen molar-refractivity contribution in [3.05, 3.63) is 48.2 Å². The molecular weight excluding hydrogens is 404 g/mol. The Balaban J connectivity index is 2.09. The first-order chi connectivity index (χ1) is 13.5. The number of rotatable bonds is 4. The summed E-state index contributed by atoms with van der Waals surface area (Å²) in [5.41, 5.74) is -0.314. The van der Waals surface area contributed by atoms with Crippen LogP contribution in [0, 0.1) is 0 Å². The molecule has 5 nitrogen and oxygen atoms in total. The van der Waals surface area contributed by atoms with Crippen molar-refractivity contribution in [1.29, 1.82) is 0 Å². The van der Waals surface area contributed by atoms with E-state index in [-0.39, 0.29) is 22.7 Å². The van der Waals surface area contributed by atoms with Crippen LogP contribution in [0.4, 0.5) is 32.2 Å². The Labute approximate surface area is 159 Å². The lowest BCUT2D eigenvalue weighted by Gasteiger charge is -2.10. The van der Waals surface area contributed by atoms with E-state index in [2.05, 4.69) is 10.3 Å². The maximum Gasteiger partial charge on any atom is 0.416 e. The molecule has 0 fully saturated rings. The van der Waals surface area contributed by atoms with Gasteiger partial charge in [0.15, 0.2) is 5.82 Å². The molecular formula is C18H13F6N3O2. The van der Waals surface area contributed by atoms with Crippen LogP contribution in [0.5, 0.6) is 5.75 Å². The molecule has 0 aliphatic rings. The molecule has 0 unspecified atom stereocenters. The molecule has 1 amide bonds. The van der Waals surface area contributed by atoms with E-state index in [4.69, 9.17) is 4.74 Å². The van der Waals surface area contributed by atoms with E-state index >= 15 is 0 Å². The van der Waals surface area contributed by atoms with E-state index in [1.165, 1.54) is 29.8 Å². The topological polar surface area (TPSA) is 55.6 Å². The molecule has 2 aromatic heterocycles. The number of fused-ring (bicyclic) bond motifs is 1. The fourth-order valence-corrected chi connectivity index (χ4v) is 2.69. The van der Waals surface area contributed by atoms with Crippen molar-refractivity contribution in [3.8, 4) is 17.0 Å². The standard InChI is InChI=1S/C18H13F6N3O2/c1-29-12-6-7-27-13(8-12)25-16(26-14(28)9-17(19,20)21)15(27)10-2-4-11(5-3-10)18(22,23)24/h2-8H,9H2,1H3,(H,26,28). The molecule has 11 heteroatoms. The Kier molecular flexibility index (Phi) is 5.16. The summed E-state index contributed by atoms with van der Waals surface area (Å²) in [5, 5.41) is 2.08. The summed E-state index contributed by atoms with van der Waals surface area (Å²) in [6.45, 7) is 0. The monoisotopic (exact) mass is 417 g/mol. The number of anilines is 1. The number of benzene rings is 1. The van der Waals surface area contributed by atoms with Crippen LogP contribution in [0.1, 0.15) is 12.0 Å². The molecule has 0 bridgehead atoms. The highest BCUT2D eigenvalue weighted by molar-refractivity contribution is 5.94. The first-order valence-electron chi connectivity index (χ1n) is 8.08. The molecule has 0 saturated heterocycles. The molecule has 0 spiro atoms. The smallest absolute Gasteiger partial charge is 0.416 e. The van der Waals surface area contributed by atoms with Crippen LogP contribution in [-0.4, -0.2) is 28.6 Å². The maximum atomic E-state index is 12.8. The number of imidazole rings is 1. The van der Waals surface area contributed by atoms with Crippen molar-refractivity contribution >= 4 is 17.4 Å². The first-order valence-corrected chi connectivity index (χ1v) is 8.08. The van der Waals surface area contributed by atoms with Gasteiger partial charge in [0, 0.05) is 17.8 Å². The van der Waals surface area contributed by atoms with E-state index in [1.54, 1.807) is 0 Å². The van der Waals surface area contributed by atoms with E-state index in [9.17, 15) is 31.1 Å². The van der Waals surface area contributed by atoms with Gasteiger partial charge in [0.2, 0.25) is 5.91 Å². The third-order valence-electron chi connectivity index (χ3n) is 3.94. The second-order valence-electron chi connectivity index (χ2n) is 6.02. The quantitative estimate of drug-likeness (QED) is 0.614. The summed E-state index contributed by atoms with van der Waals surface area (Å²) >= 11 is 0. The van der Waals surface area contributed by atoms with Crippen LogP contribution >= 0.6 is 0 Å². The number of pyridine rings is 1. The number of methoxy groups -OCH3 is 1. The highest BCUT2D eigenvalue weighted by atomic mass is 19.4. The number of alkyl halides is 6. The minimum Gasteiger partial charge on any atom is -0.497 e. The van der Waals surface area contributed by atoms with Gasteiger partial charge < -0.3 is 10.1 Å². The number of hydrogen-bond donors (Lipinski definition) is 1. The van der Waals surface area contributed by atoms with Crippen LogP contribution in [0.2, 0.25) is 0 Å². The number of carbonyl (C=O) groups is 1. The number of nitrogens with one attached hydrogen (secondary N) is 1. The largest absolute Gasteiger partial charge is 0.497 e. The number of amides is 1. The molecule has 1 aromatic carbocycles. The second-order valence-corrected chi connectivity index (χ2v) is 6.02. The summed E-state index contributed by atoms with van der Waals surface area (Å²) in [5.74, 6) is -1.16. The minimum absolute atomic E-state index is 0.131. The van der Waals surface area contributed by atoms with Crippen LogP contribution < -0.4 is 10.1 Å². The highest BCUT2D eigenvalue weighted by Gasteiger charge is 2.32. The zero-order valence-electron chi connectivity index (χ0n) is 14.7. The molecule has 0 atom stereocenters. The van der Waals surface area contributed by atoms with Gasteiger partial charge in [0.05, 0.1) is 18.4 Å². The number of aromatic nitrogens is 2. The van der Waals surface area contributed by atoms with Gasteiger partial charge in [-0.15, -0.1) is 0 Å². The van der Waals surface area contributed by atoms with Gasteiger partial charge in [0.25, 0.3) is 0 Å². The van der Waals surface area contributed by atoms with Gasteiger partial charge in [-0.25, -0.2) is 4.98 Å². The van der Waals surface area contributed by atoms with Crippen LogP contribution in [0.15, 0.2) is 42.6 Å². The predicted molar refractivity (Wildman–Crippen MR) is 91.5 cm³/mol. The van der Waals surface area contributed by atoms with Gasteiger partial charge in [-0.05, 0) is 18.2 Å². The number of ether oxygens (including phenoxy) is 1. The molecule has 0 aliphatic heterocycles. The highest BCUT2D eigenvalue weighted by Crippen LogP contribution is 2.34. The average molecular weight is 417 g/mol. The van der Waals surface area contributed by atoms with Gasteiger partial charge in [0.1, 0.15) is 17.8 Å². The van der Waals surface area contributed by atoms with Crippen LogP contribution in [0.3, 0.4) is 0 Å². The summed E-state index contributed by atoms with van der Waals surface area (Å²) in [7, 11) is 1.40. The Bertz CT molecular complexity index is 1040. The Morgan fingerprint density at radius 2 is 1.76 bits per heavy atom. The zero-order chi connectivity index (χ0) is 21.4. The molecule has 154 valence electrons. The first kappa shape index (κ1) is 20.5. The van der Waals surface area contributed by atoms with Crippen molar-refractivity contribution in [1.82, 2.24) is 9.38 Å². The fourth-order valence-electron chi connectivity index (χ4n) is 2.69. The van der Waals surface area contributed by atoms with E-state index in [1.807, 2.05) is 0 Å². The normalized spacial score (nSPS) is 12.2. The van der Waals surface area contributed by atoms with Gasteiger partial charge in [-0.1, -0.05) is 12.1 Å². The maximum absolute atomic E-state index is 12.8. The van der Waals surface area contributed by atoms with E-state index in [0.29, 0.717) is 5.75 Å². The van der Waals surface area contributed by atoms with Gasteiger partial charge in [-0.3, -0.25) is 9.20 Å². The SMILES string of the molecule is COc1ccn2c(-c3ccc(C(F)(F)F)cc3)c(NC(=O)CC(F)(F)F)nc2c1. The molecule has 0 aliphatic carbocycles. The number of carbonyl (C=O) groups excluding carboxylic acids is 1. The Morgan fingerprint density at radius 3 is 2.31 bits per heavy atom. The average Bonchev–Trinajstić information content (AvgIpc) is 2.95. The van der Waals surface area contributed by atoms with E-state index < -0.39 is 30.2 Å². The van der Waals surface area contributed by atoms with Crippen LogP contribution in [-0.2, 0) is 11.0 Å². The molecule has 3 aromatic rings. The van der Waals surface area contributed by atoms with Gasteiger partial charge in [-0.2, -0.15) is 26.3 Å². The summed E-state index contributed by atoms with van der Waals surface area (Å²) in [6, 6.07) is 6.96. The zero-order valence-corrected chi connectivity index (χ0v) is 14.7. The number of nitrogens with zero attached hydrogens (tertiary/aromatic N) is 2. The number of hydrogen-bond acceptors (Lipinski definition) is 3. The summed E-state index contributed by atoms with van der Waals surface area (Å²) < 4.78 is 82.4. The lowest BCUT2D eigenvalue weighted by Crippen LogP contribution is -2.21. The second kappa shape index (κ2) is 7.30. The third-order valence-corrected chi connectivity index (χ3v) is 3.94. The molecule has 3 rings (SSSR count). The lowest BCUT2D eigenvalue weighted by atomic mass is 10.1. The van der Waals surface area contributed by atoms with E-state index in [0.717, 1.165) is 24.3 Å². The lowest BCUT2D eigenvalue weighted by molar-refractivity contribution is -0.150. The van der Waals surface area contributed by atoms with Gasteiger partial charge >= 0.3 is 12.4 Å². The minimum atomic E-state index is -4.72. The molecule has 0 radical (unpaired) electrons.